The Morgan fingerprint density at radius 3 is 0.981 bits per heavy atom. The highest BCUT2D eigenvalue weighted by molar-refractivity contribution is 7.63. The van der Waals surface area contributed by atoms with Crippen LogP contribution in [0.1, 0.15) is 75.1 Å². The molecule has 2 aliphatic heterocycles. The summed E-state index contributed by atoms with van der Waals surface area (Å²) in [4.78, 5) is 0. The van der Waals surface area contributed by atoms with Gasteiger partial charge in [-0.2, -0.15) is 0 Å². The predicted molar refractivity (Wildman–Crippen MR) is 240 cm³/mol. The fraction of sp³-hybridized carbons (Fsp3) is 0.231. The van der Waals surface area contributed by atoms with E-state index in [0.717, 1.165) is 12.3 Å². The maximum atomic E-state index is 2.59. The van der Waals surface area contributed by atoms with Gasteiger partial charge in [-0.3, -0.25) is 0 Å². The lowest BCUT2D eigenvalue weighted by molar-refractivity contribution is 0.723. The van der Waals surface area contributed by atoms with Crippen LogP contribution in [0.25, 0.3) is 65.3 Å². The van der Waals surface area contributed by atoms with Gasteiger partial charge < -0.3 is 0 Å². The zero-order valence-corrected chi connectivity index (χ0v) is 34.1. The van der Waals surface area contributed by atoms with Crippen molar-refractivity contribution >= 4 is 58.9 Å². The highest BCUT2D eigenvalue weighted by atomic mass is 31.1. The Hall–Kier alpha value is -4.34. The standard InChI is InChI=1S/C52H48P2/c1-51(2,3)53-31-37-25-23-33-15-7-11-19-39(33)45(37)47-41-21-13-9-17-35(41)27-29-43(47)49(53)50-44-30-28-36-18-10-14-22-42(36)48(44)46-38(32-54(50)52(4,5)6)26-24-34-16-8-12-20-40(34)46/h7-30,49-50H,31-32H2,1-6H3/t49?,50?,53-,54?/m1/s1. The van der Waals surface area contributed by atoms with E-state index in [9.17, 15) is 0 Å². The Kier molecular flexibility index (Phi) is 7.97. The third-order valence-corrected chi connectivity index (χ3v) is 20.0. The lowest BCUT2D eigenvalue weighted by Crippen LogP contribution is -2.25. The monoisotopic (exact) mass is 734 g/mol. The molecule has 0 aliphatic carbocycles. The van der Waals surface area contributed by atoms with Crippen LogP contribution in [-0.4, -0.2) is 10.3 Å². The molecule has 0 spiro atoms. The van der Waals surface area contributed by atoms with Crippen LogP contribution in [0.5, 0.6) is 0 Å². The largest absolute Gasteiger partial charge is 0.0880 e. The van der Waals surface area contributed by atoms with E-state index in [4.69, 9.17) is 0 Å². The summed E-state index contributed by atoms with van der Waals surface area (Å²) in [6.07, 6.45) is 2.24. The first kappa shape index (κ1) is 34.2. The van der Waals surface area contributed by atoms with Crippen molar-refractivity contribution in [3.05, 3.63) is 168 Å². The second kappa shape index (κ2) is 12.6. The smallest absolute Gasteiger partial charge is 0.0165 e. The quantitative estimate of drug-likeness (QED) is 0.147. The number of fused-ring (bicyclic) bond motifs is 14. The minimum absolute atomic E-state index is 0.123. The second-order valence-corrected chi connectivity index (χ2v) is 23.9. The normalized spacial score (nSPS) is 19.9. The minimum Gasteiger partial charge on any atom is -0.0880 e. The van der Waals surface area contributed by atoms with Crippen LogP contribution in [0.4, 0.5) is 0 Å². The van der Waals surface area contributed by atoms with Crippen molar-refractivity contribution < 1.29 is 0 Å². The van der Waals surface area contributed by atoms with Gasteiger partial charge in [-0.1, -0.05) is 203 Å². The molecule has 54 heavy (non-hydrogen) atoms. The summed E-state index contributed by atoms with van der Waals surface area (Å²) in [6.45, 7) is 15.3. The summed E-state index contributed by atoms with van der Waals surface area (Å²) in [6, 6.07) is 56.5. The van der Waals surface area contributed by atoms with Gasteiger partial charge in [0, 0.05) is 11.3 Å². The third kappa shape index (κ3) is 5.32. The summed E-state index contributed by atoms with van der Waals surface area (Å²) in [5.74, 6) is 0. The van der Waals surface area contributed by atoms with Crippen LogP contribution in [0.2, 0.25) is 0 Å². The second-order valence-electron chi connectivity index (χ2n) is 17.6. The summed E-state index contributed by atoms with van der Waals surface area (Å²) < 4.78 is 0. The van der Waals surface area contributed by atoms with E-state index in [0.29, 0.717) is 11.3 Å². The molecule has 2 aliphatic rings. The van der Waals surface area contributed by atoms with E-state index in [2.05, 4.69) is 187 Å². The van der Waals surface area contributed by atoms with E-state index in [1.54, 1.807) is 11.1 Å². The zero-order chi connectivity index (χ0) is 36.9. The van der Waals surface area contributed by atoms with Gasteiger partial charge in [0.05, 0.1) is 0 Å². The Morgan fingerprint density at radius 1 is 0.352 bits per heavy atom. The number of hydrogen-bond donors (Lipinski definition) is 0. The first-order valence-electron chi connectivity index (χ1n) is 19.7. The topological polar surface area (TPSA) is 0 Å². The Balaban J connectivity index is 1.38. The Bertz CT molecular complexity index is 2580. The minimum atomic E-state index is -0.557. The summed E-state index contributed by atoms with van der Waals surface area (Å²) >= 11 is 0. The van der Waals surface area contributed by atoms with E-state index < -0.39 is 15.8 Å². The van der Waals surface area contributed by atoms with E-state index in [-0.39, 0.29) is 10.3 Å². The number of benzene rings is 8. The molecule has 266 valence electrons. The van der Waals surface area contributed by atoms with Gasteiger partial charge in [-0.15, -0.1) is 0 Å². The molecule has 2 heteroatoms. The van der Waals surface area contributed by atoms with Gasteiger partial charge in [-0.05, 0) is 110 Å². The lowest BCUT2D eigenvalue weighted by atomic mass is 9.83. The van der Waals surface area contributed by atoms with Crippen LogP contribution in [0.15, 0.2) is 146 Å². The van der Waals surface area contributed by atoms with Crippen LogP contribution >= 0.6 is 15.8 Å². The first-order valence-corrected chi connectivity index (χ1v) is 22.9. The average Bonchev–Trinajstić information content (AvgIpc) is 3.43. The van der Waals surface area contributed by atoms with Gasteiger partial charge in [0.25, 0.3) is 0 Å². The molecule has 8 aromatic rings. The molecule has 8 aromatic carbocycles. The fourth-order valence-corrected chi connectivity index (χ4v) is 17.3. The molecule has 0 saturated carbocycles. The van der Waals surface area contributed by atoms with E-state index in [1.807, 2.05) is 0 Å². The van der Waals surface area contributed by atoms with Crippen LogP contribution in [-0.2, 0) is 12.3 Å². The van der Waals surface area contributed by atoms with Crippen LogP contribution in [0, 0.1) is 0 Å². The molecule has 3 unspecified atom stereocenters. The average molecular weight is 735 g/mol. The molecule has 0 bridgehead atoms. The van der Waals surface area contributed by atoms with Crippen molar-refractivity contribution in [3.8, 4) is 22.3 Å². The van der Waals surface area contributed by atoms with Gasteiger partial charge in [0.1, 0.15) is 0 Å². The Labute approximate surface area is 323 Å². The third-order valence-electron chi connectivity index (χ3n) is 12.5. The molecule has 0 aromatic heterocycles. The Morgan fingerprint density at radius 2 is 0.648 bits per heavy atom. The highest BCUT2D eigenvalue weighted by Gasteiger charge is 2.48. The molecule has 0 nitrogen and oxygen atoms in total. The van der Waals surface area contributed by atoms with E-state index >= 15 is 0 Å². The van der Waals surface area contributed by atoms with Crippen molar-refractivity contribution in [2.45, 2.75) is 75.5 Å². The molecule has 10 rings (SSSR count). The predicted octanol–water partition coefficient (Wildman–Crippen LogP) is 16.0. The molecule has 0 fully saturated rings. The summed E-state index contributed by atoms with van der Waals surface area (Å²) in [5, 5.41) is 11.1. The summed E-state index contributed by atoms with van der Waals surface area (Å²) in [5.41, 5.74) is 12.8. The maximum Gasteiger partial charge on any atom is 0.0165 e. The van der Waals surface area contributed by atoms with Crippen molar-refractivity contribution in [3.63, 3.8) is 0 Å². The molecule has 4 atom stereocenters. The van der Waals surface area contributed by atoms with Crippen molar-refractivity contribution in [1.29, 1.82) is 0 Å². The number of hydrogen-bond acceptors (Lipinski definition) is 0. The van der Waals surface area contributed by atoms with Gasteiger partial charge >= 0.3 is 0 Å². The molecule has 0 amide bonds. The molecule has 0 saturated heterocycles. The molecular formula is C52H48P2. The fourth-order valence-electron chi connectivity index (χ4n) is 10.0. The van der Waals surface area contributed by atoms with Crippen LogP contribution in [0.3, 0.4) is 0 Å². The van der Waals surface area contributed by atoms with Crippen molar-refractivity contribution in [1.82, 2.24) is 0 Å². The van der Waals surface area contributed by atoms with Crippen molar-refractivity contribution in [2.75, 3.05) is 0 Å². The molecular weight excluding hydrogens is 687 g/mol. The summed E-state index contributed by atoms with van der Waals surface area (Å²) in [7, 11) is -1.11. The molecule has 0 N–H and O–H groups in total. The first-order chi connectivity index (χ1) is 26.1. The van der Waals surface area contributed by atoms with Gasteiger partial charge in [0.2, 0.25) is 0 Å². The van der Waals surface area contributed by atoms with Crippen LogP contribution < -0.4 is 0 Å². The zero-order valence-electron chi connectivity index (χ0n) is 32.3. The SMILES string of the molecule is CC(C)(C)P1Cc2ccc3ccccc3c2-c2c(ccc3ccccc23)C1C1c2ccc3ccccc3c2-c2c(ccc3ccccc23)C[P@@]1C(C)(C)C. The van der Waals surface area contributed by atoms with E-state index in [1.165, 1.54) is 76.5 Å². The number of rotatable bonds is 1. The molecule has 0 radical (unpaired) electrons. The van der Waals surface area contributed by atoms with Gasteiger partial charge in [-0.25, -0.2) is 0 Å². The van der Waals surface area contributed by atoms with Crippen molar-refractivity contribution in [2.24, 2.45) is 0 Å². The molecule has 2 heterocycles. The van der Waals surface area contributed by atoms with Gasteiger partial charge in [0.15, 0.2) is 0 Å². The lowest BCUT2D eigenvalue weighted by Gasteiger charge is -2.48. The highest BCUT2D eigenvalue weighted by Crippen LogP contribution is 2.79. The maximum absolute atomic E-state index is 2.59.